The molecule has 5 unspecified atom stereocenters. The summed E-state index contributed by atoms with van der Waals surface area (Å²) in [6.45, 7) is 4.37. The smallest absolute Gasteiger partial charge is 0.309 e. The van der Waals surface area contributed by atoms with Gasteiger partial charge in [-0.2, -0.15) is 5.26 Å². The van der Waals surface area contributed by atoms with Crippen LogP contribution in [0.1, 0.15) is 65.2 Å². The molecule has 3 nitrogen and oxygen atoms in total. The van der Waals surface area contributed by atoms with Gasteiger partial charge in [-0.05, 0) is 50.4 Å². The predicted molar refractivity (Wildman–Crippen MR) is 77.7 cm³/mol. The minimum atomic E-state index is 0.0201. The van der Waals surface area contributed by atoms with E-state index in [2.05, 4.69) is 19.9 Å². The van der Waals surface area contributed by atoms with Crippen molar-refractivity contribution < 1.29 is 9.53 Å². The van der Waals surface area contributed by atoms with Gasteiger partial charge in [-0.3, -0.25) is 4.79 Å². The van der Waals surface area contributed by atoms with E-state index in [1.54, 1.807) is 0 Å². The number of hydrogen-bond donors (Lipinski definition) is 0. The quantitative estimate of drug-likeness (QED) is 0.564. The number of esters is 1. The van der Waals surface area contributed by atoms with Gasteiger partial charge in [0.05, 0.1) is 12.0 Å². The largest absolute Gasteiger partial charge is 0.462 e. The molecule has 0 bridgehead atoms. The minimum Gasteiger partial charge on any atom is -0.462 e. The fourth-order valence-electron chi connectivity index (χ4n) is 3.63. The highest BCUT2D eigenvalue weighted by molar-refractivity contribution is 5.72. The predicted octanol–water partition coefficient (Wildman–Crippen LogP) is 4.07. The van der Waals surface area contributed by atoms with Crippen LogP contribution >= 0.6 is 0 Å². The van der Waals surface area contributed by atoms with E-state index in [1.165, 1.54) is 6.42 Å². The lowest BCUT2D eigenvalue weighted by Gasteiger charge is -2.31. The first-order chi connectivity index (χ1) is 9.60. The molecule has 0 aromatic rings. The Kier molecular flexibility index (Phi) is 5.46. The van der Waals surface area contributed by atoms with Crippen LogP contribution in [0.25, 0.3) is 0 Å². The Morgan fingerprint density at radius 2 is 1.90 bits per heavy atom. The van der Waals surface area contributed by atoms with Crippen molar-refractivity contribution in [3.63, 3.8) is 0 Å². The zero-order valence-electron chi connectivity index (χ0n) is 12.8. The summed E-state index contributed by atoms with van der Waals surface area (Å²) in [6.07, 6.45) is 8.16. The third-order valence-electron chi connectivity index (χ3n) is 5.16. The number of carbonyl (C=O) groups excluding carboxylic acids is 1. The van der Waals surface area contributed by atoms with Crippen LogP contribution in [-0.4, -0.2) is 12.1 Å². The lowest BCUT2D eigenvalue weighted by Crippen LogP contribution is -2.31. The summed E-state index contributed by atoms with van der Waals surface area (Å²) < 4.78 is 5.74. The maximum atomic E-state index is 12.3. The number of ether oxygens (including phenoxy) is 1. The molecule has 0 saturated heterocycles. The second-order valence-electron chi connectivity index (χ2n) is 6.90. The van der Waals surface area contributed by atoms with Gasteiger partial charge < -0.3 is 4.74 Å². The fourth-order valence-corrected chi connectivity index (χ4v) is 3.63. The summed E-state index contributed by atoms with van der Waals surface area (Å²) in [5.74, 6) is 1.37. The molecule has 3 heteroatoms. The fraction of sp³-hybridized carbons (Fsp3) is 0.882. The van der Waals surface area contributed by atoms with Gasteiger partial charge in [0.1, 0.15) is 6.10 Å². The van der Waals surface area contributed by atoms with E-state index in [1.807, 2.05) is 0 Å². The number of carbonyl (C=O) groups is 1. The van der Waals surface area contributed by atoms with Crippen molar-refractivity contribution in [1.82, 2.24) is 0 Å². The van der Waals surface area contributed by atoms with Crippen molar-refractivity contribution >= 4 is 5.97 Å². The second kappa shape index (κ2) is 7.11. The Balaban J connectivity index is 1.81. The molecule has 2 aliphatic carbocycles. The summed E-state index contributed by atoms with van der Waals surface area (Å²) in [5, 5.41) is 9.03. The van der Waals surface area contributed by atoms with Gasteiger partial charge >= 0.3 is 5.97 Å². The summed E-state index contributed by atoms with van der Waals surface area (Å²) in [7, 11) is 0. The number of nitriles is 1. The molecule has 0 amide bonds. The molecule has 0 aromatic heterocycles. The maximum absolute atomic E-state index is 12.3. The van der Waals surface area contributed by atoms with Crippen LogP contribution in [0, 0.1) is 35.0 Å². The molecule has 20 heavy (non-hydrogen) atoms. The molecule has 0 aromatic carbocycles. The van der Waals surface area contributed by atoms with Crippen LogP contribution in [0.15, 0.2) is 0 Å². The number of nitrogens with zero attached hydrogens (tertiary/aromatic N) is 1. The van der Waals surface area contributed by atoms with Crippen LogP contribution < -0.4 is 0 Å². The molecule has 5 atom stereocenters. The van der Waals surface area contributed by atoms with Crippen molar-refractivity contribution in [2.24, 2.45) is 23.7 Å². The highest BCUT2D eigenvalue weighted by atomic mass is 16.5. The molecule has 0 radical (unpaired) electrons. The summed E-state index contributed by atoms with van der Waals surface area (Å²) >= 11 is 0. The summed E-state index contributed by atoms with van der Waals surface area (Å²) in [4.78, 5) is 12.3. The molecule has 2 aliphatic rings. The second-order valence-corrected chi connectivity index (χ2v) is 6.90. The highest BCUT2D eigenvalue weighted by Gasteiger charge is 2.31. The third-order valence-corrected chi connectivity index (χ3v) is 5.16. The lowest BCUT2D eigenvalue weighted by atomic mass is 9.80. The average molecular weight is 277 g/mol. The zero-order valence-corrected chi connectivity index (χ0v) is 12.8. The zero-order chi connectivity index (χ0) is 14.5. The van der Waals surface area contributed by atoms with Crippen molar-refractivity contribution in [2.75, 3.05) is 0 Å². The van der Waals surface area contributed by atoms with Crippen LogP contribution in [0.2, 0.25) is 0 Å². The number of rotatable bonds is 2. The summed E-state index contributed by atoms with van der Waals surface area (Å²) in [5.41, 5.74) is 0. The Labute approximate surface area is 122 Å². The van der Waals surface area contributed by atoms with Gasteiger partial charge in [0.15, 0.2) is 0 Å². The van der Waals surface area contributed by atoms with Crippen molar-refractivity contribution in [3.05, 3.63) is 0 Å². The Bertz CT molecular complexity index is 374. The minimum absolute atomic E-state index is 0.0201. The van der Waals surface area contributed by atoms with Crippen molar-refractivity contribution in [2.45, 2.75) is 71.3 Å². The van der Waals surface area contributed by atoms with Gasteiger partial charge in [-0.15, -0.1) is 0 Å². The van der Waals surface area contributed by atoms with E-state index < -0.39 is 0 Å². The Morgan fingerprint density at radius 3 is 2.60 bits per heavy atom. The molecule has 0 spiro atoms. The lowest BCUT2D eigenvalue weighted by molar-refractivity contribution is -0.157. The molecule has 0 aliphatic heterocycles. The van der Waals surface area contributed by atoms with E-state index in [9.17, 15) is 4.79 Å². The van der Waals surface area contributed by atoms with E-state index in [0.29, 0.717) is 5.92 Å². The monoisotopic (exact) mass is 277 g/mol. The number of hydrogen-bond acceptors (Lipinski definition) is 3. The molecule has 2 fully saturated rings. The first-order valence-corrected chi connectivity index (χ1v) is 8.20. The van der Waals surface area contributed by atoms with Crippen LogP contribution in [0.5, 0.6) is 0 Å². The highest BCUT2D eigenvalue weighted by Crippen LogP contribution is 2.33. The van der Waals surface area contributed by atoms with Crippen LogP contribution in [0.4, 0.5) is 0 Å². The first-order valence-electron chi connectivity index (χ1n) is 8.20. The molecule has 112 valence electrons. The van der Waals surface area contributed by atoms with Crippen molar-refractivity contribution in [3.8, 4) is 6.07 Å². The Morgan fingerprint density at radius 1 is 1.10 bits per heavy atom. The van der Waals surface area contributed by atoms with Gasteiger partial charge in [-0.1, -0.05) is 26.7 Å². The normalized spacial score (nSPS) is 38.5. The SMILES string of the molecule is CC1CCCC(C(=O)OC2CCC(C#N)C(C)C2)CC1. The van der Waals surface area contributed by atoms with E-state index in [-0.39, 0.29) is 23.9 Å². The van der Waals surface area contributed by atoms with E-state index >= 15 is 0 Å². The molecular formula is C17H27NO2. The van der Waals surface area contributed by atoms with Gasteiger partial charge in [0.2, 0.25) is 0 Å². The molecule has 0 heterocycles. The van der Waals surface area contributed by atoms with Crippen molar-refractivity contribution in [1.29, 1.82) is 5.26 Å². The molecular weight excluding hydrogens is 250 g/mol. The molecule has 2 saturated carbocycles. The topological polar surface area (TPSA) is 50.1 Å². The van der Waals surface area contributed by atoms with Gasteiger partial charge in [0.25, 0.3) is 0 Å². The summed E-state index contributed by atoms with van der Waals surface area (Å²) in [6, 6.07) is 2.36. The maximum Gasteiger partial charge on any atom is 0.309 e. The van der Waals surface area contributed by atoms with Gasteiger partial charge in [0, 0.05) is 5.92 Å². The average Bonchev–Trinajstić information content (AvgIpc) is 2.64. The molecule has 0 N–H and O–H groups in total. The first kappa shape index (κ1) is 15.4. The van der Waals surface area contributed by atoms with Crippen LogP contribution in [-0.2, 0) is 9.53 Å². The van der Waals surface area contributed by atoms with E-state index in [4.69, 9.17) is 10.00 Å². The van der Waals surface area contributed by atoms with Gasteiger partial charge in [-0.25, -0.2) is 0 Å². The standard InChI is InChI=1S/C17H27NO2/c1-12-4-3-5-14(7-6-12)17(19)20-16-9-8-15(11-18)13(2)10-16/h12-16H,3-10H2,1-2H3. The third kappa shape index (κ3) is 3.98. The van der Waals surface area contributed by atoms with E-state index in [0.717, 1.165) is 50.9 Å². The Hall–Kier alpha value is -1.04. The van der Waals surface area contributed by atoms with Crippen LogP contribution in [0.3, 0.4) is 0 Å². The molecule has 2 rings (SSSR count).